The molecule has 1 atom stereocenters. The molecule has 21 heavy (non-hydrogen) atoms. The molecule has 0 radical (unpaired) electrons. The van der Waals surface area contributed by atoms with Crippen LogP contribution < -0.4 is 10.6 Å². The fourth-order valence-electron chi connectivity index (χ4n) is 3.33. The van der Waals surface area contributed by atoms with Gasteiger partial charge in [-0.2, -0.15) is 0 Å². The highest BCUT2D eigenvalue weighted by Gasteiger charge is 2.23. The van der Waals surface area contributed by atoms with E-state index in [1.807, 2.05) is 0 Å². The van der Waals surface area contributed by atoms with E-state index in [0.29, 0.717) is 12.6 Å². The highest BCUT2D eigenvalue weighted by atomic mass is 15.2. The number of hydrogen-bond donors (Lipinski definition) is 1. The zero-order valence-corrected chi connectivity index (χ0v) is 13.9. The van der Waals surface area contributed by atoms with Crippen molar-refractivity contribution in [3.05, 3.63) is 29.8 Å². The van der Waals surface area contributed by atoms with Gasteiger partial charge in [-0.15, -0.1) is 0 Å². The van der Waals surface area contributed by atoms with Crippen LogP contribution in [0, 0.1) is 5.92 Å². The summed E-state index contributed by atoms with van der Waals surface area (Å²) >= 11 is 0. The summed E-state index contributed by atoms with van der Waals surface area (Å²) in [6.07, 6.45) is 2.60. The Morgan fingerprint density at radius 3 is 2.19 bits per heavy atom. The SMILES string of the molecule is CCN(CC)c1ccc(C(CN)N2CCC(C)CC2)cc1. The van der Waals surface area contributed by atoms with Crippen LogP contribution in [-0.4, -0.2) is 37.6 Å². The topological polar surface area (TPSA) is 32.5 Å². The van der Waals surface area contributed by atoms with Crippen LogP contribution in [0.25, 0.3) is 0 Å². The zero-order chi connectivity index (χ0) is 15.2. The molecular weight excluding hydrogens is 258 g/mol. The first-order valence-corrected chi connectivity index (χ1v) is 8.48. The molecular formula is C18H31N3. The first-order chi connectivity index (χ1) is 10.2. The number of piperidine rings is 1. The van der Waals surface area contributed by atoms with E-state index in [4.69, 9.17) is 5.73 Å². The van der Waals surface area contributed by atoms with Gasteiger partial charge in [0.05, 0.1) is 0 Å². The molecule has 1 fully saturated rings. The maximum atomic E-state index is 6.07. The second-order valence-electron chi connectivity index (χ2n) is 6.23. The van der Waals surface area contributed by atoms with Crippen LogP contribution in [0.1, 0.15) is 45.2 Å². The maximum absolute atomic E-state index is 6.07. The van der Waals surface area contributed by atoms with Gasteiger partial charge in [-0.05, 0) is 63.4 Å². The Balaban J connectivity index is 2.08. The fourth-order valence-corrected chi connectivity index (χ4v) is 3.33. The molecule has 2 rings (SSSR count). The quantitative estimate of drug-likeness (QED) is 0.872. The maximum Gasteiger partial charge on any atom is 0.0470 e. The molecule has 3 nitrogen and oxygen atoms in total. The van der Waals surface area contributed by atoms with Crippen molar-refractivity contribution in [2.45, 2.75) is 39.7 Å². The molecule has 1 aliphatic heterocycles. The van der Waals surface area contributed by atoms with E-state index in [-0.39, 0.29) is 0 Å². The number of nitrogens with zero attached hydrogens (tertiary/aromatic N) is 2. The van der Waals surface area contributed by atoms with Gasteiger partial charge in [0.2, 0.25) is 0 Å². The van der Waals surface area contributed by atoms with Gasteiger partial charge in [0, 0.05) is 31.4 Å². The van der Waals surface area contributed by atoms with Crippen LogP contribution in [0.2, 0.25) is 0 Å². The van der Waals surface area contributed by atoms with Crippen LogP contribution in [0.3, 0.4) is 0 Å². The second kappa shape index (κ2) is 7.81. The van der Waals surface area contributed by atoms with E-state index >= 15 is 0 Å². The third-order valence-corrected chi connectivity index (χ3v) is 4.89. The van der Waals surface area contributed by atoms with Crippen molar-refractivity contribution in [2.24, 2.45) is 11.7 Å². The van der Waals surface area contributed by atoms with Gasteiger partial charge >= 0.3 is 0 Å². The molecule has 1 aliphatic rings. The van der Waals surface area contributed by atoms with Crippen molar-refractivity contribution in [2.75, 3.05) is 37.6 Å². The summed E-state index contributed by atoms with van der Waals surface area (Å²) in [7, 11) is 0. The van der Waals surface area contributed by atoms with Crippen molar-refractivity contribution in [3.8, 4) is 0 Å². The van der Waals surface area contributed by atoms with Gasteiger partial charge in [-0.3, -0.25) is 4.90 Å². The van der Waals surface area contributed by atoms with Crippen LogP contribution in [0.5, 0.6) is 0 Å². The molecule has 1 aromatic carbocycles. The summed E-state index contributed by atoms with van der Waals surface area (Å²) < 4.78 is 0. The Bertz CT molecular complexity index is 403. The number of rotatable bonds is 6. The van der Waals surface area contributed by atoms with E-state index in [1.54, 1.807) is 0 Å². The Kier molecular flexibility index (Phi) is 6.07. The summed E-state index contributed by atoms with van der Waals surface area (Å²) in [6, 6.07) is 9.41. The molecule has 1 saturated heterocycles. The zero-order valence-electron chi connectivity index (χ0n) is 13.9. The molecule has 3 heteroatoms. The Morgan fingerprint density at radius 1 is 1.14 bits per heavy atom. The van der Waals surface area contributed by atoms with Crippen molar-refractivity contribution in [3.63, 3.8) is 0 Å². The predicted octanol–water partition coefficient (Wildman–Crippen LogP) is 3.26. The number of hydrogen-bond acceptors (Lipinski definition) is 3. The predicted molar refractivity (Wildman–Crippen MR) is 91.8 cm³/mol. The smallest absolute Gasteiger partial charge is 0.0470 e. The molecule has 1 heterocycles. The summed E-state index contributed by atoms with van der Waals surface area (Å²) in [5, 5.41) is 0. The largest absolute Gasteiger partial charge is 0.372 e. The summed E-state index contributed by atoms with van der Waals surface area (Å²) in [5.41, 5.74) is 8.74. The molecule has 1 aromatic rings. The minimum absolute atomic E-state index is 0.378. The fraction of sp³-hybridized carbons (Fsp3) is 0.667. The van der Waals surface area contributed by atoms with Crippen LogP contribution in [0.4, 0.5) is 5.69 Å². The monoisotopic (exact) mass is 289 g/mol. The molecule has 0 amide bonds. The average molecular weight is 289 g/mol. The van der Waals surface area contributed by atoms with E-state index in [2.05, 4.69) is 54.8 Å². The second-order valence-corrected chi connectivity index (χ2v) is 6.23. The van der Waals surface area contributed by atoms with Gasteiger partial charge in [0.15, 0.2) is 0 Å². The van der Waals surface area contributed by atoms with E-state index in [1.165, 1.54) is 37.2 Å². The minimum Gasteiger partial charge on any atom is -0.372 e. The first kappa shape index (κ1) is 16.3. The lowest BCUT2D eigenvalue weighted by molar-refractivity contribution is 0.141. The standard InChI is InChI=1S/C18H31N3/c1-4-20(5-2)17-8-6-16(7-9-17)18(14-19)21-12-10-15(3)11-13-21/h6-9,15,18H,4-5,10-14,19H2,1-3H3. The molecule has 2 N–H and O–H groups in total. The number of benzene rings is 1. The summed E-state index contributed by atoms with van der Waals surface area (Å²) in [6.45, 7) is 11.9. The van der Waals surface area contributed by atoms with Crippen LogP contribution in [-0.2, 0) is 0 Å². The first-order valence-electron chi connectivity index (χ1n) is 8.48. The Labute approximate surface area is 130 Å². The van der Waals surface area contributed by atoms with Crippen molar-refractivity contribution in [1.82, 2.24) is 4.90 Å². The lowest BCUT2D eigenvalue weighted by Gasteiger charge is -2.36. The van der Waals surface area contributed by atoms with Crippen LogP contribution in [0.15, 0.2) is 24.3 Å². The highest BCUT2D eigenvalue weighted by molar-refractivity contribution is 5.47. The summed E-state index contributed by atoms with van der Waals surface area (Å²) in [5.74, 6) is 0.865. The lowest BCUT2D eigenvalue weighted by Crippen LogP contribution is -2.39. The molecule has 0 aromatic heterocycles. The third kappa shape index (κ3) is 3.98. The van der Waals surface area contributed by atoms with Gasteiger partial charge in [0.25, 0.3) is 0 Å². The van der Waals surface area contributed by atoms with Gasteiger partial charge in [-0.1, -0.05) is 19.1 Å². The van der Waals surface area contributed by atoms with Gasteiger partial charge < -0.3 is 10.6 Å². The normalized spacial score (nSPS) is 18.7. The van der Waals surface area contributed by atoms with Crippen LogP contribution >= 0.6 is 0 Å². The molecule has 0 aliphatic carbocycles. The minimum atomic E-state index is 0.378. The van der Waals surface area contributed by atoms with E-state index in [0.717, 1.165) is 19.0 Å². The van der Waals surface area contributed by atoms with Gasteiger partial charge in [0.1, 0.15) is 0 Å². The Morgan fingerprint density at radius 2 is 1.71 bits per heavy atom. The van der Waals surface area contributed by atoms with E-state index < -0.39 is 0 Å². The molecule has 0 bridgehead atoms. The Hall–Kier alpha value is -1.06. The van der Waals surface area contributed by atoms with Crippen molar-refractivity contribution in [1.29, 1.82) is 0 Å². The molecule has 118 valence electrons. The molecule has 0 saturated carbocycles. The van der Waals surface area contributed by atoms with Crippen molar-refractivity contribution >= 4 is 5.69 Å². The van der Waals surface area contributed by atoms with E-state index in [9.17, 15) is 0 Å². The molecule has 1 unspecified atom stereocenters. The number of anilines is 1. The van der Waals surface area contributed by atoms with Crippen molar-refractivity contribution < 1.29 is 0 Å². The molecule has 0 spiro atoms. The number of nitrogens with two attached hydrogens (primary N) is 1. The lowest BCUT2D eigenvalue weighted by atomic mass is 9.95. The third-order valence-electron chi connectivity index (χ3n) is 4.89. The average Bonchev–Trinajstić information content (AvgIpc) is 2.52. The number of likely N-dealkylation sites (tertiary alicyclic amines) is 1. The summed E-state index contributed by atoms with van der Waals surface area (Å²) in [4.78, 5) is 4.94. The van der Waals surface area contributed by atoms with Gasteiger partial charge in [-0.25, -0.2) is 0 Å². The highest BCUT2D eigenvalue weighted by Crippen LogP contribution is 2.27.